The van der Waals surface area contributed by atoms with Gasteiger partial charge in [0.25, 0.3) is 0 Å². The largest absolute Gasteiger partial charge is 0.366 e. The lowest BCUT2D eigenvalue weighted by Gasteiger charge is -2.00. The van der Waals surface area contributed by atoms with Crippen LogP contribution in [0.5, 0.6) is 0 Å². The van der Waals surface area contributed by atoms with Crippen LogP contribution in [-0.2, 0) is 0 Å². The normalized spacial score (nSPS) is 9.64. The summed E-state index contributed by atoms with van der Waals surface area (Å²) in [4.78, 5) is 10.7. The van der Waals surface area contributed by atoms with Gasteiger partial charge in [-0.2, -0.15) is 0 Å². The van der Waals surface area contributed by atoms with Crippen LogP contribution in [0.3, 0.4) is 0 Å². The maximum atomic E-state index is 10.7. The monoisotopic (exact) mass is 151 g/mol. The molecule has 11 heavy (non-hydrogen) atoms. The van der Waals surface area contributed by atoms with Crippen LogP contribution < -0.4 is 5.73 Å². The van der Waals surface area contributed by atoms with E-state index in [1.807, 2.05) is 19.9 Å². The summed E-state index contributed by atoms with van der Waals surface area (Å²) in [6, 6.07) is 5.44. The summed E-state index contributed by atoms with van der Waals surface area (Å²) in [5, 5.41) is 0. The third-order valence-corrected chi connectivity index (χ3v) is 1.79. The van der Waals surface area contributed by atoms with Gasteiger partial charge in [-0.3, -0.25) is 4.79 Å². The fourth-order valence-electron chi connectivity index (χ4n) is 0.895. The summed E-state index contributed by atoms with van der Waals surface area (Å²) in [5.74, 6) is -0.367. The van der Waals surface area contributed by atoms with Crippen LogP contribution in [0.2, 0.25) is 0 Å². The molecule has 0 atom stereocenters. The summed E-state index contributed by atoms with van der Waals surface area (Å²) < 4.78 is 0. The Bertz CT molecular complexity index is 297. The molecule has 60 valence electrons. The van der Waals surface area contributed by atoms with Crippen molar-refractivity contribution in [3.05, 3.63) is 34.9 Å². The second kappa shape index (κ2) is 2.74. The Labute approximate surface area is 67.5 Å². The van der Waals surface area contributed by atoms with E-state index in [1.165, 1.54) is 5.56 Å². The first kappa shape index (κ1) is 7.79. The molecule has 1 rings (SSSR count). The molecule has 0 aliphatic rings. The Morgan fingerprint density at radius 1 is 1.36 bits per heavy atom. The fraction of sp³-hybridized carbons (Fsp3) is 0.222. The Balaban J connectivity index is 0.00000121. The van der Waals surface area contributed by atoms with Crippen molar-refractivity contribution in [3.63, 3.8) is 0 Å². The molecule has 0 saturated carbocycles. The van der Waals surface area contributed by atoms with Crippen LogP contribution in [-0.4, -0.2) is 5.91 Å². The standard InChI is InChI=1S/C9H11NO.H2/c1-6-3-4-8(9(10)11)5-7(6)2;/h3-5H,1-2H3,(H2,10,11);1H. The molecule has 0 spiro atoms. The Hall–Kier alpha value is -1.31. The molecule has 2 nitrogen and oxygen atoms in total. The average molecular weight is 151 g/mol. The summed E-state index contributed by atoms with van der Waals surface area (Å²) in [6.07, 6.45) is 0. The Morgan fingerprint density at radius 2 is 2.00 bits per heavy atom. The van der Waals surface area contributed by atoms with Crippen molar-refractivity contribution in [1.29, 1.82) is 0 Å². The molecule has 0 radical (unpaired) electrons. The number of carbonyl (C=O) groups is 1. The van der Waals surface area contributed by atoms with E-state index in [0.29, 0.717) is 5.56 Å². The minimum atomic E-state index is -0.367. The first-order chi connectivity index (χ1) is 5.11. The van der Waals surface area contributed by atoms with E-state index in [1.54, 1.807) is 12.1 Å². The number of aryl methyl sites for hydroxylation is 2. The fourth-order valence-corrected chi connectivity index (χ4v) is 0.895. The number of primary amides is 1. The minimum absolute atomic E-state index is 0. The van der Waals surface area contributed by atoms with Gasteiger partial charge in [0, 0.05) is 6.99 Å². The van der Waals surface area contributed by atoms with E-state index in [4.69, 9.17) is 5.73 Å². The predicted molar refractivity (Wildman–Crippen MR) is 46.5 cm³/mol. The number of hydrogen-bond donors (Lipinski definition) is 1. The topological polar surface area (TPSA) is 43.1 Å². The van der Waals surface area contributed by atoms with E-state index in [9.17, 15) is 4.79 Å². The van der Waals surface area contributed by atoms with E-state index in [0.717, 1.165) is 5.56 Å². The van der Waals surface area contributed by atoms with Gasteiger partial charge in [-0.25, -0.2) is 0 Å². The zero-order valence-corrected chi connectivity index (χ0v) is 6.72. The van der Waals surface area contributed by atoms with Crippen LogP contribution in [0.25, 0.3) is 0 Å². The first-order valence-electron chi connectivity index (χ1n) is 3.48. The molecule has 0 bridgehead atoms. The van der Waals surface area contributed by atoms with E-state index in [-0.39, 0.29) is 7.33 Å². The second-order valence-corrected chi connectivity index (χ2v) is 2.66. The zero-order chi connectivity index (χ0) is 8.43. The van der Waals surface area contributed by atoms with Crippen molar-refractivity contribution >= 4 is 5.91 Å². The molecular weight excluding hydrogens is 138 g/mol. The van der Waals surface area contributed by atoms with Crippen molar-refractivity contribution < 1.29 is 6.22 Å². The Kier molecular flexibility index (Phi) is 1.94. The average Bonchev–Trinajstić information content (AvgIpc) is 1.94. The van der Waals surface area contributed by atoms with Crippen molar-refractivity contribution in [2.24, 2.45) is 5.73 Å². The van der Waals surface area contributed by atoms with Crippen LogP contribution >= 0.6 is 0 Å². The van der Waals surface area contributed by atoms with Gasteiger partial charge in [0.1, 0.15) is 0 Å². The number of rotatable bonds is 1. The molecule has 1 aromatic carbocycles. The molecule has 2 N–H and O–H groups in total. The molecule has 0 heterocycles. The molecule has 0 aromatic heterocycles. The highest BCUT2D eigenvalue weighted by atomic mass is 16.1. The third-order valence-electron chi connectivity index (χ3n) is 1.79. The van der Waals surface area contributed by atoms with Gasteiger partial charge < -0.3 is 5.73 Å². The van der Waals surface area contributed by atoms with Gasteiger partial charge in [0.15, 0.2) is 0 Å². The number of carbonyl (C=O) groups excluding carboxylic acids is 1. The summed E-state index contributed by atoms with van der Waals surface area (Å²) >= 11 is 0. The zero-order valence-electron chi connectivity index (χ0n) is 6.72. The molecule has 0 unspecified atom stereocenters. The highest BCUT2D eigenvalue weighted by Gasteiger charge is 2.00. The minimum Gasteiger partial charge on any atom is -0.366 e. The van der Waals surface area contributed by atoms with Crippen molar-refractivity contribution in [3.8, 4) is 0 Å². The van der Waals surface area contributed by atoms with Crippen molar-refractivity contribution in [1.82, 2.24) is 0 Å². The molecule has 0 fully saturated rings. The highest BCUT2D eigenvalue weighted by molar-refractivity contribution is 5.92. The maximum absolute atomic E-state index is 10.7. The lowest BCUT2D eigenvalue weighted by molar-refractivity contribution is 0.1000. The molecule has 0 aliphatic carbocycles. The predicted octanol–water partition coefficient (Wildman–Crippen LogP) is 1.65. The van der Waals surface area contributed by atoms with E-state index >= 15 is 0 Å². The SMILES string of the molecule is Cc1ccc(C(N)=O)cc1C.[HH]. The number of amides is 1. The van der Waals surface area contributed by atoms with Crippen LogP contribution in [0.1, 0.15) is 22.9 Å². The van der Waals surface area contributed by atoms with Crippen molar-refractivity contribution in [2.45, 2.75) is 13.8 Å². The van der Waals surface area contributed by atoms with Crippen LogP contribution in [0.15, 0.2) is 18.2 Å². The molecule has 0 saturated heterocycles. The summed E-state index contributed by atoms with van der Waals surface area (Å²) in [6.45, 7) is 3.96. The summed E-state index contributed by atoms with van der Waals surface area (Å²) in [5.41, 5.74) is 7.95. The van der Waals surface area contributed by atoms with Gasteiger partial charge in [0.2, 0.25) is 5.91 Å². The number of hydrogen-bond acceptors (Lipinski definition) is 1. The van der Waals surface area contributed by atoms with Crippen LogP contribution in [0.4, 0.5) is 0 Å². The molecule has 2 heteroatoms. The van der Waals surface area contributed by atoms with Gasteiger partial charge in [-0.05, 0) is 37.1 Å². The van der Waals surface area contributed by atoms with Gasteiger partial charge >= 0.3 is 0 Å². The quantitative estimate of drug-likeness (QED) is 0.651. The van der Waals surface area contributed by atoms with E-state index in [2.05, 4.69) is 0 Å². The van der Waals surface area contributed by atoms with Gasteiger partial charge in [-0.1, -0.05) is 6.07 Å². The smallest absolute Gasteiger partial charge is 0.248 e. The van der Waals surface area contributed by atoms with Crippen molar-refractivity contribution in [2.75, 3.05) is 0 Å². The van der Waals surface area contributed by atoms with Gasteiger partial charge in [-0.15, -0.1) is 0 Å². The molecule has 1 amide bonds. The second-order valence-electron chi connectivity index (χ2n) is 2.66. The highest BCUT2D eigenvalue weighted by Crippen LogP contribution is 2.08. The third kappa shape index (κ3) is 1.58. The van der Waals surface area contributed by atoms with Crippen LogP contribution in [0, 0.1) is 13.8 Å². The lowest BCUT2D eigenvalue weighted by Crippen LogP contribution is -2.10. The Morgan fingerprint density at radius 3 is 2.45 bits per heavy atom. The summed E-state index contributed by atoms with van der Waals surface area (Å²) in [7, 11) is 0. The number of benzene rings is 1. The van der Waals surface area contributed by atoms with E-state index < -0.39 is 0 Å². The maximum Gasteiger partial charge on any atom is 0.248 e. The molecule has 0 aliphatic heterocycles. The molecule has 1 aromatic rings. The molecular formula is C9H13NO. The van der Waals surface area contributed by atoms with Gasteiger partial charge in [0.05, 0.1) is 0 Å². The first-order valence-corrected chi connectivity index (χ1v) is 3.48. The number of nitrogens with two attached hydrogens (primary N) is 1. The lowest BCUT2D eigenvalue weighted by atomic mass is 10.1.